The molecule has 0 unspecified atom stereocenters. The van der Waals surface area contributed by atoms with Crippen LogP contribution in [0.4, 0.5) is 0 Å². The number of carbonyl (C=O) groups is 1. The largest absolute Gasteiger partial charge is 0.481 e. The second-order valence-electron chi connectivity index (χ2n) is 5.41. The van der Waals surface area contributed by atoms with Gasteiger partial charge in [-0.05, 0) is 60.8 Å². The van der Waals surface area contributed by atoms with Crippen LogP contribution in [0.25, 0.3) is 0 Å². The Hall–Kier alpha value is -1.31. The van der Waals surface area contributed by atoms with E-state index in [9.17, 15) is 4.79 Å². The Morgan fingerprint density at radius 1 is 0.950 bits per heavy atom. The maximum Gasteiger partial charge on any atom is 0.303 e. The zero-order valence-electron chi connectivity index (χ0n) is 13.2. The third-order valence-corrected chi connectivity index (χ3v) is 3.98. The van der Waals surface area contributed by atoms with Crippen LogP contribution in [0.1, 0.15) is 68.7 Å². The summed E-state index contributed by atoms with van der Waals surface area (Å²) in [5.74, 6) is -0.680. The van der Waals surface area contributed by atoms with Gasteiger partial charge >= 0.3 is 5.97 Å². The summed E-state index contributed by atoms with van der Waals surface area (Å²) in [6.07, 6.45) is 7.57. The van der Waals surface area contributed by atoms with E-state index in [2.05, 4.69) is 32.9 Å². The maximum absolute atomic E-state index is 10.5. The molecule has 1 rings (SSSR count). The average molecular weight is 276 g/mol. The molecule has 0 saturated carbocycles. The summed E-state index contributed by atoms with van der Waals surface area (Å²) < 4.78 is 0. The van der Waals surface area contributed by atoms with Gasteiger partial charge < -0.3 is 5.11 Å². The van der Waals surface area contributed by atoms with Crippen LogP contribution in [0.3, 0.4) is 0 Å². The van der Waals surface area contributed by atoms with E-state index in [1.54, 1.807) is 0 Å². The monoisotopic (exact) mass is 276 g/mol. The summed E-state index contributed by atoms with van der Waals surface area (Å²) in [6.45, 7) is 6.66. The third-order valence-electron chi connectivity index (χ3n) is 3.98. The van der Waals surface area contributed by atoms with Crippen LogP contribution in [-0.4, -0.2) is 11.1 Å². The van der Waals surface area contributed by atoms with Gasteiger partial charge in [0.05, 0.1) is 0 Å². The van der Waals surface area contributed by atoms with E-state index in [0.717, 1.165) is 44.9 Å². The number of aryl methyl sites for hydroxylation is 3. The highest BCUT2D eigenvalue weighted by atomic mass is 16.4. The fraction of sp³-hybridized carbons (Fsp3) is 0.611. The summed E-state index contributed by atoms with van der Waals surface area (Å²) in [5, 5.41) is 8.65. The molecule has 0 spiro atoms. The molecular weight excluding hydrogens is 248 g/mol. The number of hydrogen-bond acceptors (Lipinski definition) is 1. The molecule has 0 aliphatic heterocycles. The minimum Gasteiger partial charge on any atom is -0.481 e. The number of carboxylic acids is 1. The molecule has 1 aromatic rings. The average Bonchev–Trinajstić information content (AvgIpc) is 2.46. The fourth-order valence-corrected chi connectivity index (χ4v) is 2.78. The van der Waals surface area contributed by atoms with Crippen LogP contribution >= 0.6 is 0 Å². The first-order chi connectivity index (χ1) is 9.62. The summed E-state index contributed by atoms with van der Waals surface area (Å²) in [6, 6.07) is 4.71. The molecule has 1 aromatic carbocycles. The van der Waals surface area contributed by atoms with Crippen LogP contribution in [0.15, 0.2) is 12.1 Å². The second kappa shape index (κ2) is 8.78. The van der Waals surface area contributed by atoms with Gasteiger partial charge in [-0.15, -0.1) is 0 Å². The summed E-state index contributed by atoms with van der Waals surface area (Å²) in [5.41, 5.74) is 5.93. The molecule has 2 nitrogen and oxygen atoms in total. The quantitative estimate of drug-likeness (QED) is 0.671. The maximum atomic E-state index is 10.5. The molecule has 1 N–H and O–H groups in total. The van der Waals surface area contributed by atoms with Crippen molar-refractivity contribution in [1.29, 1.82) is 0 Å². The van der Waals surface area contributed by atoms with Crippen molar-refractivity contribution >= 4 is 5.97 Å². The van der Waals surface area contributed by atoms with E-state index in [1.807, 2.05) is 0 Å². The number of rotatable bonds is 9. The fourth-order valence-electron chi connectivity index (χ4n) is 2.78. The second-order valence-corrected chi connectivity index (χ2v) is 5.41. The Labute approximate surface area is 123 Å². The van der Waals surface area contributed by atoms with Gasteiger partial charge in [0.15, 0.2) is 0 Å². The molecular formula is C18H28O2. The molecule has 0 aromatic heterocycles. The molecule has 0 amide bonds. The van der Waals surface area contributed by atoms with E-state index in [1.165, 1.54) is 22.3 Å². The van der Waals surface area contributed by atoms with Crippen LogP contribution in [0.5, 0.6) is 0 Å². The minimum atomic E-state index is -0.680. The minimum absolute atomic E-state index is 0.302. The molecule has 112 valence electrons. The molecule has 0 saturated heterocycles. The van der Waals surface area contributed by atoms with Crippen molar-refractivity contribution in [2.75, 3.05) is 0 Å². The van der Waals surface area contributed by atoms with Gasteiger partial charge in [0.25, 0.3) is 0 Å². The SMILES string of the molecule is CCc1cc(CC)c(CCCCCC(=O)O)c(CC)c1. The Morgan fingerprint density at radius 2 is 1.55 bits per heavy atom. The molecule has 2 heteroatoms. The first-order valence-corrected chi connectivity index (χ1v) is 7.97. The Bertz CT molecular complexity index is 410. The van der Waals surface area contributed by atoms with Gasteiger partial charge in [-0.25, -0.2) is 0 Å². The lowest BCUT2D eigenvalue weighted by atomic mass is 9.90. The third kappa shape index (κ3) is 4.99. The van der Waals surface area contributed by atoms with Crippen molar-refractivity contribution in [2.45, 2.75) is 72.1 Å². The molecule has 0 heterocycles. The normalized spacial score (nSPS) is 10.8. The van der Waals surface area contributed by atoms with Gasteiger partial charge in [0.2, 0.25) is 0 Å². The lowest BCUT2D eigenvalue weighted by Gasteiger charge is -2.15. The van der Waals surface area contributed by atoms with Crippen molar-refractivity contribution < 1.29 is 9.90 Å². The highest BCUT2D eigenvalue weighted by Gasteiger charge is 2.08. The van der Waals surface area contributed by atoms with E-state index in [0.29, 0.717) is 6.42 Å². The summed E-state index contributed by atoms with van der Waals surface area (Å²) in [7, 11) is 0. The number of hydrogen-bond donors (Lipinski definition) is 1. The molecule has 0 bridgehead atoms. The molecule has 0 atom stereocenters. The topological polar surface area (TPSA) is 37.3 Å². The van der Waals surface area contributed by atoms with Crippen molar-refractivity contribution in [3.63, 3.8) is 0 Å². The first-order valence-electron chi connectivity index (χ1n) is 7.97. The Morgan fingerprint density at radius 3 is 2.00 bits per heavy atom. The van der Waals surface area contributed by atoms with Crippen molar-refractivity contribution in [1.82, 2.24) is 0 Å². The van der Waals surface area contributed by atoms with Gasteiger partial charge in [0.1, 0.15) is 0 Å². The molecule has 0 aliphatic carbocycles. The number of aliphatic carboxylic acids is 1. The van der Waals surface area contributed by atoms with E-state index >= 15 is 0 Å². The predicted octanol–water partition coefficient (Wildman–Crippen LogP) is 4.56. The van der Waals surface area contributed by atoms with Crippen molar-refractivity contribution in [3.8, 4) is 0 Å². The zero-order valence-corrected chi connectivity index (χ0v) is 13.2. The van der Waals surface area contributed by atoms with Crippen LogP contribution in [0, 0.1) is 0 Å². The number of unbranched alkanes of at least 4 members (excludes halogenated alkanes) is 2. The number of carboxylic acid groups (broad SMARTS) is 1. The summed E-state index contributed by atoms with van der Waals surface area (Å²) in [4.78, 5) is 10.5. The van der Waals surface area contributed by atoms with Crippen molar-refractivity contribution in [2.24, 2.45) is 0 Å². The molecule has 0 radical (unpaired) electrons. The van der Waals surface area contributed by atoms with Gasteiger partial charge in [-0.3, -0.25) is 4.79 Å². The Kier molecular flexibility index (Phi) is 7.35. The van der Waals surface area contributed by atoms with Gasteiger partial charge in [0, 0.05) is 6.42 Å². The standard InChI is InChI=1S/C18H28O2/c1-4-14-12-15(5-2)17(16(6-3)13-14)10-8-7-9-11-18(19)20/h12-13H,4-11H2,1-3H3,(H,19,20). The van der Waals surface area contributed by atoms with Crippen LogP contribution < -0.4 is 0 Å². The van der Waals surface area contributed by atoms with Gasteiger partial charge in [-0.2, -0.15) is 0 Å². The zero-order chi connectivity index (χ0) is 15.0. The summed E-state index contributed by atoms with van der Waals surface area (Å²) >= 11 is 0. The van der Waals surface area contributed by atoms with Gasteiger partial charge in [-0.1, -0.05) is 39.3 Å². The van der Waals surface area contributed by atoms with Crippen LogP contribution in [0.2, 0.25) is 0 Å². The van der Waals surface area contributed by atoms with E-state index in [-0.39, 0.29) is 0 Å². The smallest absolute Gasteiger partial charge is 0.303 e. The van der Waals surface area contributed by atoms with E-state index < -0.39 is 5.97 Å². The molecule has 0 aliphatic rings. The predicted molar refractivity (Wildman–Crippen MR) is 84.4 cm³/mol. The van der Waals surface area contributed by atoms with Crippen molar-refractivity contribution in [3.05, 3.63) is 34.4 Å². The van der Waals surface area contributed by atoms with Crippen LogP contribution in [-0.2, 0) is 30.5 Å². The Balaban J connectivity index is 2.69. The lowest BCUT2D eigenvalue weighted by molar-refractivity contribution is -0.137. The first kappa shape index (κ1) is 16.7. The number of benzene rings is 1. The highest BCUT2D eigenvalue weighted by Crippen LogP contribution is 2.22. The molecule has 20 heavy (non-hydrogen) atoms. The molecule has 0 fully saturated rings. The lowest BCUT2D eigenvalue weighted by Crippen LogP contribution is -2.02. The van der Waals surface area contributed by atoms with E-state index in [4.69, 9.17) is 5.11 Å². The highest BCUT2D eigenvalue weighted by molar-refractivity contribution is 5.66.